The molecule has 0 atom stereocenters. The zero-order valence-electron chi connectivity index (χ0n) is 10.8. The molecule has 3 N–H and O–H groups in total. The standard InChI is InChI=1S/C14H17ClN4/c1-19(9-11-3-2-4-12(15)7-11)10-14-8-13(18-16)5-6-17-14/h2-8H,9-10,16H2,1H3,(H,17,18). The van der Waals surface area contributed by atoms with Gasteiger partial charge in [-0.05, 0) is 36.9 Å². The van der Waals surface area contributed by atoms with E-state index in [-0.39, 0.29) is 0 Å². The Morgan fingerprint density at radius 1 is 1.26 bits per heavy atom. The van der Waals surface area contributed by atoms with Gasteiger partial charge < -0.3 is 5.43 Å². The van der Waals surface area contributed by atoms with Crippen LogP contribution in [0, 0.1) is 0 Å². The Bertz CT molecular complexity index is 544. The first-order valence-corrected chi connectivity index (χ1v) is 6.39. The summed E-state index contributed by atoms with van der Waals surface area (Å²) >= 11 is 5.98. The fraction of sp³-hybridized carbons (Fsp3) is 0.214. The van der Waals surface area contributed by atoms with Crippen molar-refractivity contribution in [1.82, 2.24) is 9.88 Å². The minimum absolute atomic E-state index is 0.752. The van der Waals surface area contributed by atoms with E-state index in [2.05, 4.69) is 21.4 Å². The number of nitrogens with zero attached hydrogens (tertiary/aromatic N) is 2. The molecule has 0 radical (unpaired) electrons. The van der Waals surface area contributed by atoms with Gasteiger partial charge in [-0.15, -0.1) is 0 Å². The third-order valence-corrected chi connectivity index (χ3v) is 2.99. The van der Waals surface area contributed by atoms with Crippen molar-refractivity contribution >= 4 is 17.3 Å². The van der Waals surface area contributed by atoms with Crippen molar-refractivity contribution in [3.8, 4) is 0 Å². The molecule has 0 unspecified atom stereocenters. The average molecular weight is 277 g/mol. The zero-order chi connectivity index (χ0) is 13.7. The van der Waals surface area contributed by atoms with Crippen LogP contribution < -0.4 is 11.3 Å². The van der Waals surface area contributed by atoms with Crippen molar-refractivity contribution in [2.45, 2.75) is 13.1 Å². The number of aromatic nitrogens is 1. The van der Waals surface area contributed by atoms with E-state index in [0.717, 1.165) is 29.5 Å². The molecule has 1 heterocycles. The number of pyridine rings is 1. The molecule has 5 heteroatoms. The van der Waals surface area contributed by atoms with E-state index in [1.54, 1.807) is 6.20 Å². The molecule has 0 spiro atoms. The number of nitrogen functional groups attached to an aromatic ring is 1. The van der Waals surface area contributed by atoms with Crippen molar-refractivity contribution in [2.75, 3.05) is 12.5 Å². The van der Waals surface area contributed by atoms with Gasteiger partial charge in [-0.3, -0.25) is 15.7 Å². The van der Waals surface area contributed by atoms with Gasteiger partial charge in [-0.1, -0.05) is 23.7 Å². The van der Waals surface area contributed by atoms with Gasteiger partial charge in [0, 0.05) is 24.3 Å². The first-order valence-electron chi connectivity index (χ1n) is 6.02. The van der Waals surface area contributed by atoms with Crippen LogP contribution >= 0.6 is 11.6 Å². The van der Waals surface area contributed by atoms with Gasteiger partial charge in [0.25, 0.3) is 0 Å². The van der Waals surface area contributed by atoms with Gasteiger partial charge in [0.05, 0.1) is 11.4 Å². The smallest absolute Gasteiger partial charge is 0.0564 e. The molecule has 4 nitrogen and oxygen atoms in total. The Hall–Kier alpha value is -1.62. The maximum absolute atomic E-state index is 5.98. The fourth-order valence-corrected chi connectivity index (χ4v) is 2.15. The Kier molecular flexibility index (Phi) is 4.74. The van der Waals surface area contributed by atoms with Gasteiger partial charge in [0.15, 0.2) is 0 Å². The number of nitrogens with two attached hydrogens (primary N) is 1. The van der Waals surface area contributed by atoms with E-state index < -0.39 is 0 Å². The highest BCUT2D eigenvalue weighted by molar-refractivity contribution is 6.30. The van der Waals surface area contributed by atoms with Crippen molar-refractivity contribution in [2.24, 2.45) is 5.84 Å². The molecule has 0 saturated carbocycles. The number of nitrogens with one attached hydrogen (secondary N) is 1. The molecule has 2 aromatic rings. The van der Waals surface area contributed by atoms with Crippen LogP contribution in [0.1, 0.15) is 11.3 Å². The van der Waals surface area contributed by atoms with Gasteiger partial charge in [-0.25, -0.2) is 0 Å². The number of hydrazine groups is 1. The Morgan fingerprint density at radius 2 is 2.11 bits per heavy atom. The van der Waals surface area contributed by atoms with Crippen LogP contribution in [-0.4, -0.2) is 16.9 Å². The second kappa shape index (κ2) is 6.52. The summed E-state index contributed by atoms with van der Waals surface area (Å²) in [5.74, 6) is 5.38. The monoisotopic (exact) mass is 276 g/mol. The van der Waals surface area contributed by atoms with Gasteiger partial charge in [0.2, 0.25) is 0 Å². The Balaban J connectivity index is 1.98. The number of halogens is 1. The van der Waals surface area contributed by atoms with Crippen molar-refractivity contribution in [1.29, 1.82) is 0 Å². The Labute approximate surface area is 118 Å². The van der Waals surface area contributed by atoms with E-state index in [4.69, 9.17) is 17.4 Å². The minimum atomic E-state index is 0.752. The van der Waals surface area contributed by atoms with Crippen molar-refractivity contribution in [3.63, 3.8) is 0 Å². The molecule has 2 rings (SSSR count). The van der Waals surface area contributed by atoms with Crippen molar-refractivity contribution in [3.05, 3.63) is 58.9 Å². The lowest BCUT2D eigenvalue weighted by Gasteiger charge is -2.16. The van der Waals surface area contributed by atoms with E-state index in [1.807, 2.05) is 37.4 Å². The third-order valence-electron chi connectivity index (χ3n) is 2.76. The van der Waals surface area contributed by atoms with E-state index >= 15 is 0 Å². The van der Waals surface area contributed by atoms with Crippen LogP contribution in [0.4, 0.5) is 5.69 Å². The molecule has 0 amide bonds. The third kappa shape index (κ3) is 4.21. The van der Waals surface area contributed by atoms with Crippen molar-refractivity contribution < 1.29 is 0 Å². The predicted molar refractivity (Wildman–Crippen MR) is 78.7 cm³/mol. The lowest BCUT2D eigenvalue weighted by atomic mass is 10.2. The van der Waals surface area contributed by atoms with E-state index in [0.29, 0.717) is 0 Å². The summed E-state index contributed by atoms with van der Waals surface area (Å²) in [5.41, 5.74) is 5.64. The number of rotatable bonds is 5. The first kappa shape index (κ1) is 13.8. The predicted octanol–water partition coefficient (Wildman–Crippen LogP) is 2.65. The molecule has 0 aliphatic rings. The molecule has 0 fully saturated rings. The summed E-state index contributed by atoms with van der Waals surface area (Å²) < 4.78 is 0. The van der Waals surface area contributed by atoms with E-state index in [1.165, 1.54) is 5.56 Å². The lowest BCUT2D eigenvalue weighted by molar-refractivity contribution is 0.315. The summed E-state index contributed by atoms with van der Waals surface area (Å²) in [7, 11) is 2.05. The van der Waals surface area contributed by atoms with Crippen LogP contribution in [0.5, 0.6) is 0 Å². The SMILES string of the molecule is CN(Cc1cccc(Cl)c1)Cc1cc(NN)ccn1. The van der Waals surface area contributed by atoms with Crippen LogP contribution in [0.15, 0.2) is 42.6 Å². The number of benzene rings is 1. The molecular formula is C14H17ClN4. The summed E-state index contributed by atoms with van der Waals surface area (Å²) in [6.07, 6.45) is 1.75. The highest BCUT2D eigenvalue weighted by atomic mass is 35.5. The summed E-state index contributed by atoms with van der Waals surface area (Å²) in [4.78, 5) is 6.50. The Morgan fingerprint density at radius 3 is 2.84 bits per heavy atom. The maximum atomic E-state index is 5.98. The van der Waals surface area contributed by atoms with Gasteiger partial charge in [0.1, 0.15) is 0 Å². The molecule has 0 aliphatic heterocycles. The molecule has 100 valence electrons. The summed E-state index contributed by atoms with van der Waals surface area (Å²) in [6, 6.07) is 11.7. The fourth-order valence-electron chi connectivity index (χ4n) is 1.93. The molecule has 19 heavy (non-hydrogen) atoms. The minimum Gasteiger partial charge on any atom is -0.324 e. The molecule has 1 aromatic carbocycles. The second-order valence-corrected chi connectivity index (χ2v) is 4.92. The number of hydrogen-bond acceptors (Lipinski definition) is 4. The normalized spacial score (nSPS) is 10.7. The molecule has 0 bridgehead atoms. The highest BCUT2D eigenvalue weighted by Gasteiger charge is 2.04. The van der Waals surface area contributed by atoms with Crippen LogP contribution in [0.25, 0.3) is 0 Å². The molecular weight excluding hydrogens is 260 g/mol. The molecule has 0 aliphatic carbocycles. The molecule has 1 aromatic heterocycles. The highest BCUT2D eigenvalue weighted by Crippen LogP contribution is 2.14. The van der Waals surface area contributed by atoms with Crippen LogP contribution in [0.3, 0.4) is 0 Å². The van der Waals surface area contributed by atoms with E-state index in [9.17, 15) is 0 Å². The largest absolute Gasteiger partial charge is 0.324 e. The summed E-state index contributed by atoms with van der Waals surface area (Å²) in [5, 5.41) is 0.762. The van der Waals surface area contributed by atoms with Gasteiger partial charge in [-0.2, -0.15) is 0 Å². The second-order valence-electron chi connectivity index (χ2n) is 4.48. The number of anilines is 1. The maximum Gasteiger partial charge on any atom is 0.0564 e. The van der Waals surface area contributed by atoms with Gasteiger partial charge >= 0.3 is 0 Å². The average Bonchev–Trinajstić information content (AvgIpc) is 2.38. The quantitative estimate of drug-likeness (QED) is 0.651. The molecule has 0 saturated heterocycles. The first-order chi connectivity index (χ1) is 9.17. The number of hydrogen-bond donors (Lipinski definition) is 2. The topological polar surface area (TPSA) is 54.2 Å². The zero-order valence-corrected chi connectivity index (χ0v) is 11.6. The van der Waals surface area contributed by atoms with Crippen LogP contribution in [-0.2, 0) is 13.1 Å². The lowest BCUT2D eigenvalue weighted by Crippen LogP contribution is -2.18. The van der Waals surface area contributed by atoms with Crippen LogP contribution in [0.2, 0.25) is 5.02 Å². The summed E-state index contributed by atoms with van der Waals surface area (Å²) in [6.45, 7) is 1.57.